The average Bonchev–Trinajstić information content (AvgIpc) is 2.75. The molecule has 0 amide bonds. The molecular formula is C12H4CaN6O18S2. The maximum absolute atomic E-state index is 10.8. The Bertz CT molecular complexity index is 1450. The number of benzene rings is 2. The van der Waals surface area contributed by atoms with Crippen LogP contribution in [0.2, 0.25) is 0 Å². The molecule has 0 unspecified atom stereocenters. The van der Waals surface area contributed by atoms with Gasteiger partial charge in [-0.25, -0.2) is 16.8 Å². The van der Waals surface area contributed by atoms with E-state index in [0.29, 0.717) is 0 Å². The Kier molecular flexibility index (Phi) is 11.3. The first kappa shape index (κ1) is 34.9. The second-order valence-electron chi connectivity index (χ2n) is 6.08. The van der Waals surface area contributed by atoms with E-state index in [1.807, 2.05) is 0 Å². The fourth-order valence-corrected chi connectivity index (χ4v) is 3.99. The molecule has 2 aromatic carbocycles. The van der Waals surface area contributed by atoms with Crippen LogP contribution in [0.1, 0.15) is 0 Å². The molecule has 0 saturated carbocycles. The van der Waals surface area contributed by atoms with Crippen molar-refractivity contribution >= 4 is 92.1 Å². The molecular weight excluding hydrogens is 620 g/mol. The molecule has 0 saturated heterocycles. The van der Waals surface area contributed by atoms with E-state index in [-0.39, 0.29) is 62.0 Å². The monoisotopic (exact) mass is 624 g/mol. The van der Waals surface area contributed by atoms with Crippen LogP contribution in [0.5, 0.6) is 0 Å². The largest absolute Gasteiger partial charge is 2.00 e. The Morgan fingerprint density at radius 1 is 0.436 bits per heavy atom. The summed E-state index contributed by atoms with van der Waals surface area (Å²) in [6.45, 7) is 0. The summed E-state index contributed by atoms with van der Waals surface area (Å²) in [6.07, 6.45) is 0. The molecule has 27 heteroatoms. The third-order valence-corrected chi connectivity index (χ3v) is 5.61. The van der Waals surface area contributed by atoms with E-state index in [1.54, 1.807) is 0 Å². The Morgan fingerprint density at radius 3 is 0.718 bits per heavy atom. The summed E-state index contributed by atoms with van der Waals surface area (Å²) >= 11 is 0. The molecule has 0 spiro atoms. The molecule has 24 nitrogen and oxygen atoms in total. The van der Waals surface area contributed by atoms with Gasteiger partial charge in [-0.1, -0.05) is 0 Å². The Morgan fingerprint density at radius 2 is 0.615 bits per heavy atom. The van der Waals surface area contributed by atoms with Crippen LogP contribution in [0.3, 0.4) is 0 Å². The van der Waals surface area contributed by atoms with Crippen molar-refractivity contribution in [2.24, 2.45) is 0 Å². The fraction of sp³-hybridized carbons (Fsp3) is 0. The van der Waals surface area contributed by atoms with Crippen LogP contribution in [0, 0.1) is 60.7 Å². The predicted octanol–water partition coefficient (Wildman–Crippen LogP) is 0.250. The minimum absolute atomic E-state index is 0. The number of non-ortho nitro benzene ring substituents is 2. The van der Waals surface area contributed by atoms with Crippen molar-refractivity contribution in [1.82, 2.24) is 0 Å². The fourth-order valence-electron chi connectivity index (χ4n) is 2.43. The Balaban J connectivity index is 0.000000722. The standard InChI is InChI=1S/2C6H3N3O9S.Ca/c2*10-7(11)3-1-4(8(12)13)6(19(16,17)18)5(2-3)9(14)15;/h2*1-2H,(H,16,17,18);/q;;+2/p-2. The van der Waals surface area contributed by atoms with Gasteiger partial charge in [0.05, 0.1) is 53.8 Å². The number of rotatable bonds is 8. The summed E-state index contributed by atoms with van der Waals surface area (Å²) in [7, 11) is -11.1. The molecule has 0 radical (unpaired) electrons. The van der Waals surface area contributed by atoms with Gasteiger partial charge in [-0.15, -0.1) is 0 Å². The van der Waals surface area contributed by atoms with E-state index in [2.05, 4.69) is 0 Å². The zero-order valence-electron chi connectivity index (χ0n) is 17.9. The molecule has 0 N–H and O–H groups in total. The van der Waals surface area contributed by atoms with Crippen LogP contribution >= 0.6 is 0 Å². The first-order valence-corrected chi connectivity index (χ1v) is 11.1. The third kappa shape index (κ3) is 8.46. The van der Waals surface area contributed by atoms with Crippen LogP contribution < -0.4 is 0 Å². The minimum atomic E-state index is -5.55. The van der Waals surface area contributed by atoms with E-state index < -0.39 is 93.7 Å². The summed E-state index contributed by atoms with van der Waals surface area (Å²) in [6, 6.07) is 0.658. The maximum atomic E-state index is 10.8. The molecule has 0 aromatic heterocycles. The van der Waals surface area contributed by atoms with Gasteiger partial charge in [0, 0.05) is 0 Å². The molecule has 0 bridgehead atoms. The van der Waals surface area contributed by atoms with Gasteiger partial charge in [0.25, 0.3) is 11.4 Å². The van der Waals surface area contributed by atoms with Crippen molar-refractivity contribution in [2.45, 2.75) is 9.79 Å². The zero-order chi connectivity index (χ0) is 29.9. The van der Waals surface area contributed by atoms with E-state index >= 15 is 0 Å². The van der Waals surface area contributed by atoms with Crippen molar-refractivity contribution < 1.29 is 55.5 Å². The van der Waals surface area contributed by atoms with Gasteiger partial charge in [-0.3, -0.25) is 60.7 Å². The summed E-state index contributed by atoms with van der Waals surface area (Å²) in [5.74, 6) is 0. The van der Waals surface area contributed by atoms with Crippen molar-refractivity contribution in [2.75, 3.05) is 0 Å². The first-order chi connectivity index (χ1) is 17.1. The normalized spacial score (nSPS) is 10.7. The van der Waals surface area contributed by atoms with Gasteiger partial charge in [0.15, 0.2) is 0 Å². The molecule has 0 aliphatic carbocycles. The van der Waals surface area contributed by atoms with Crippen molar-refractivity contribution in [3.8, 4) is 0 Å². The van der Waals surface area contributed by atoms with Gasteiger partial charge < -0.3 is 9.11 Å². The SMILES string of the molecule is O=[N+]([O-])c1cc([N+](=O)[O-])c(S(=O)(=O)[O-])c([N+](=O)[O-])c1.O=[N+]([O-])c1cc([N+](=O)[O-])c(S(=O)(=O)[O-])c([N+](=O)[O-])c1.[Ca+2]. The van der Waals surface area contributed by atoms with Crippen molar-refractivity contribution in [3.63, 3.8) is 0 Å². The van der Waals surface area contributed by atoms with Crippen LogP contribution in [0.25, 0.3) is 0 Å². The topological polar surface area (TPSA) is 373 Å². The molecule has 0 atom stereocenters. The van der Waals surface area contributed by atoms with E-state index in [4.69, 9.17) is 0 Å². The van der Waals surface area contributed by atoms with Crippen molar-refractivity contribution in [3.05, 3.63) is 85.0 Å². The number of nitro benzene ring substituents is 6. The molecule has 0 fully saturated rings. The van der Waals surface area contributed by atoms with Crippen molar-refractivity contribution in [1.29, 1.82) is 0 Å². The van der Waals surface area contributed by atoms with E-state index in [1.165, 1.54) is 0 Å². The van der Waals surface area contributed by atoms with E-state index in [9.17, 15) is 86.6 Å². The van der Waals surface area contributed by atoms with Crippen LogP contribution in [0.4, 0.5) is 34.1 Å². The van der Waals surface area contributed by atoms with Crippen LogP contribution in [-0.2, 0) is 20.2 Å². The van der Waals surface area contributed by atoms with Gasteiger partial charge in [-0.2, -0.15) is 0 Å². The Hall–Kier alpha value is -4.08. The number of hydrogen-bond acceptors (Lipinski definition) is 18. The first-order valence-electron chi connectivity index (χ1n) is 8.25. The average molecular weight is 624 g/mol. The quantitative estimate of drug-likeness (QED) is 0.164. The van der Waals surface area contributed by atoms with Gasteiger partial charge in [0.1, 0.15) is 20.2 Å². The number of hydrogen-bond donors (Lipinski definition) is 0. The second-order valence-corrected chi connectivity index (χ2v) is 8.71. The molecule has 0 heterocycles. The minimum Gasteiger partial charge on any atom is -0.744 e. The third-order valence-electron chi connectivity index (χ3n) is 3.78. The molecule has 2 rings (SSSR count). The molecule has 2 aromatic rings. The number of nitro groups is 6. The molecule has 0 aliphatic heterocycles. The van der Waals surface area contributed by atoms with Gasteiger partial charge in [-0.05, 0) is 0 Å². The molecule has 0 aliphatic rings. The Labute approximate surface area is 241 Å². The summed E-state index contributed by atoms with van der Waals surface area (Å²) < 4.78 is 65.0. The van der Waals surface area contributed by atoms with E-state index in [0.717, 1.165) is 0 Å². The summed E-state index contributed by atoms with van der Waals surface area (Å²) in [5, 5.41) is 63.2. The zero-order valence-corrected chi connectivity index (χ0v) is 21.7. The predicted molar refractivity (Wildman–Crippen MR) is 114 cm³/mol. The van der Waals surface area contributed by atoms with Gasteiger partial charge in [0.2, 0.25) is 9.79 Å². The summed E-state index contributed by atoms with van der Waals surface area (Å²) in [4.78, 5) is 51.7. The smallest absolute Gasteiger partial charge is 0.744 e. The second kappa shape index (κ2) is 12.6. The van der Waals surface area contributed by atoms with Crippen LogP contribution in [0.15, 0.2) is 34.1 Å². The maximum Gasteiger partial charge on any atom is 2.00 e. The molecule has 204 valence electrons. The number of nitrogens with zero attached hydrogens (tertiary/aromatic N) is 6. The van der Waals surface area contributed by atoms with Crippen LogP contribution in [-0.4, -0.2) is 93.2 Å². The van der Waals surface area contributed by atoms with Gasteiger partial charge >= 0.3 is 60.5 Å². The summed E-state index contributed by atoms with van der Waals surface area (Å²) in [5.41, 5.74) is -8.23. The molecule has 39 heavy (non-hydrogen) atoms.